The Morgan fingerprint density at radius 3 is 2.63 bits per heavy atom. The van der Waals surface area contributed by atoms with Gasteiger partial charge in [0.15, 0.2) is 0 Å². The van der Waals surface area contributed by atoms with Crippen LogP contribution in [0.25, 0.3) is 0 Å². The fourth-order valence-electron chi connectivity index (χ4n) is 3.14. The fraction of sp³-hybridized carbons (Fsp3) is 0.769. The first-order valence-electron chi connectivity index (χ1n) is 6.66. The molecule has 0 amide bonds. The first kappa shape index (κ1) is 12.9. The molecule has 2 atom stereocenters. The summed E-state index contributed by atoms with van der Waals surface area (Å²) < 4.78 is 13.9. The summed E-state index contributed by atoms with van der Waals surface area (Å²) in [5.41, 5.74) is -0.951. The van der Waals surface area contributed by atoms with Gasteiger partial charge in [-0.3, -0.25) is 0 Å². The van der Waals surface area contributed by atoms with Crippen LogP contribution in [0, 0.1) is 0 Å². The molecule has 3 aliphatic rings. The van der Waals surface area contributed by atoms with Crippen LogP contribution in [-0.4, -0.2) is 77.7 Å². The van der Waals surface area contributed by atoms with Crippen LogP contribution in [0.5, 0.6) is 0 Å². The fourth-order valence-corrected chi connectivity index (χ4v) is 3.14. The third kappa shape index (κ3) is 1.70. The van der Waals surface area contributed by atoms with E-state index >= 15 is 0 Å². The van der Waals surface area contributed by atoms with Gasteiger partial charge in [0.2, 0.25) is 5.96 Å². The highest BCUT2D eigenvalue weighted by atomic mass is 19.1. The Kier molecular flexibility index (Phi) is 2.66. The molecule has 1 aliphatic carbocycles. The lowest BCUT2D eigenvalue weighted by molar-refractivity contribution is 0.0188. The number of halogens is 1. The Morgan fingerprint density at radius 1 is 1.42 bits per heavy atom. The molecule has 2 heterocycles. The van der Waals surface area contributed by atoms with Gasteiger partial charge in [-0.05, 0) is 21.0 Å². The highest BCUT2D eigenvalue weighted by molar-refractivity contribution is 5.84. The Balaban J connectivity index is 1.84. The number of rotatable bonds is 1. The number of aliphatic imine (C=N–C) groups is 1. The standard InChI is InChI=1S/C13H21FN4O/c1-13(19)10-5-9(14)11(13)15-12(17(10)4)18-6-8(7-18)16(2)3/h8,10,19H,5-7H2,1-4H3. The monoisotopic (exact) mass is 268 g/mol. The van der Waals surface area contributed by atoms with Gasteiger partial charge in [-0.25, -0.2) is 9.38 Å². The van der Waals surface area contributed by atoms with Crippen molar-refractivity contribution < 1.29 is 9.50 Å². The number of aliphatic hydroxyl groups is 1. The third-order valence-electron chi connectivity index (χ3n) is 4.63. The summed E-state index contributed by atoms with van der Waals surface area (Å²) in [6.07, 6.45) is 0.247. The lowest BCUT2D eigenvalue weighted by atomic mass is 9.95. The highest BCUT2D eigenvalue weighted by Crippen LogP contribution is 2.43. The average Bonchev–Trinajstić information content (AvgIpc) is 2.38. The number of fused-ring (bicyclic) bond motifs is 2. The van der Waals surface area contributed by atoms with Gasteiger partial charge in [0, 0.05) is 32.6 Å². The smallest absolute Gasteiger partial charge is 0.201 e. The predicted molar refractivity (Wildman–Crippen MR) is 71.4 cm³/mol. The van der Waals surface area contributed by atoms with Crippen LogP contribution < -0.4 is 0 Å². The van der Waals surface area contributed by atoms with Crippen molar-refractivity contribution in [2.24, 2.45) is 4.99 Å². The van der Waals surface area contributed by atoms with Crippen molar-refractivity contribution in [3.8, 4) is 0 Å². The molecule has 5 nitrogen and oxygen atoms in total. The van der Waals surface area contributed by atoms with E-state index in [1.165, 1.54) is 0 Å². The number of nitrogens with zero attached hydrogens (tertiary/aromatic N) is 4. The first-order valence-corrected chi connectivity index (χ1v) is 6.66. The Morgan fingerprint density at radius 2 is 2.05 bits per heavy atom. The van der Waals surface area contributed by atoms with Crippen LogP contribution >= 0.6 is 0 Å². The molecule has 1 saturated heterocycles. The van der Waals surface area contributed by atoms with Gasteiger partial charge in [-0.15, -0.1) is 0 Å². The van der Waals surface area contributed by atoms with Gasteiger partial charge >= 0.3 is 0 Å². The van der Waals surface area contributed by atoms with E-state index in [-0.39, 0.29) is 24.0 Å². The van der Waals surface area contributed by atoms with Gasteiger partial charge in [-0.1, -0.05) is 0 Å². The Bertz CT molecular complexity index is 465. The minimum Gasteiger partial charge on any atom is -0.382 e. The molecule has 0 aromatic rings. The van der Waals surface area contributed by atoms with E-state index in [0.717, 1.165) is 19.0 Å². The molecule has 2 unspecified atom stereocenters. The van der Waals surface area contributed by atoms with Gasteiger partial charge in [0.05, 0.1) is 6.04 Å². The lowest BCUT2D eigenvalue weighted by Crippen LogP contribution is -2.65. The molecule has 0 radical (unpaired) electrons. The molecular formula is C13H21FN4O. The molecule has 1 N–H and O–H groups in total. The van der Waals surface area contributed by atoms with E-state index in [4.69, 9.17) is 0 Å². The summed E-state index contributed by atoms with van der Waals surface area (Å²) in [6.45, 7) is 3.45. The van der Waals surface area contributed by atoms with Crippen molar-refractivity contribution in [2.45, 2.75) is 31.0 Å². The molecule has 19 heavy (non-hydrogen) atoms. The van der Waals surface area contributed by atoms with Crippen LogP contribution in [-0.2, 0) is 0 Å². The minimum absolute atomic E-state index is 0.221. The molecule has 2 aliphatic heterocycles. The summed E-state index contributed by atoms with van der Waals surface area (Å²) in [7, 11) is 6.01. The topological polar surface area (TPSA) is 42.3 Å². The second-order valence-corrected chi connectivity index (χ2v) is 6.17. The molecular weight excluding hydrogens is 247 g/mol. The van der Waals surface area contributed by atoms with E-state index in [1.807, 2.05) is 11.9 Å². The molecule has 0 aromatic heterocycles. The van der Waals surface area contributed by atoms with E-state index in [1.54, 1.807) is 6.92 Å². The zero-order chi connectivity index (χ0) is 13.9. The minimum atomic E-state index is -1.17. The largest absolute Gasteiger partial charge is 0.382 e. The van der Waals surface area contributed by atoms with Crippen LogP contribution in [0.15, 0.2) is 16.5 Å². The normalized spacial score (nSPS) is 35.1. The quantitative estimate of drug-likeness (QED) is 0.740. The van der Waals surface area contributed by atoms with Gasteiger partial charge in [-0.2, -0.15) is 0 Å². The van der Waals surface area contributed by atoms with Gasteiger partial charge < -0.3 is 19.8 Å². The maximum absolute atomic E-state index is 13.9. The number of hydrogen-bond donors (Lipinski definition) is 1. The lowest BCUT2D eigenvalue weighted by Gasteiger charge is -2.50. The van der Waals surface area contributed by atoms with Gasteiger partial charge in [0.1, 0.15) is 17.1 Å². The number of hydrogen-bond acceptors (Lipinski definition) is 5. The van der Waals surface area contributed by atoms with E-state index in [9.17, 15) is 9.50 Å². The van der Waals surface area contributed by atoms with Gasteiger partial charge in [0.25, 0.3) is 0 Å². The van der Waals surface area contributed by atoms with E-state index in [2.05, 4.69) is 28.9 Å². The number of likely N-dealkylation sites (N-methyl/N-ethyl adjacent to an activating group) is 2. The molecule has 0 aromatic carbocycles. The Labute approximate surface area is 113 Å². The van der Waals surface area contributed by atoms with Crippen LogP contribution in [0.1, 0.15) is 13.3 Å². The summed E-state index contributed by atoms with van der Waals surface area (Å²) in [5.74, 6) is 0.513. The summed E-state index contributed by atoms with van der Waals surface area (Å²) in [4.78, 5) is 10.6. The van der Waals surface area contributed by atoms with Crippen molar-refractivity contribution in [1.82, 2.24) is 14.7 Å². The number of likely N-dealkylation sites (tertiary alicyclic amines) is 1. The SMILES string of the molecule is CN(C)C1CN(C2=NC3=C(F)CC(N2C)C3(C)O)C1. The maximum atomic E-state index is 13.9. The molecule has 3 rings (SSSR count). The summed E-state index contributed by atoms with van der Waals surface area (Å²) >= 11 is 0. The molecule has 1 fully saturated rings. The van der Waals surface area contributed by atoms with Crippen molar-refractivity contribution in [3.05, 3.63) is 11.5 Å². The predicted octanol–water partition coefficient (Wildman–Crippen LogP) is 0.238. The third-order valence-corrected chi connectivity index (χ3v) is 4.63. The highest BCUT2D eigenvalue weighted by Gasteiger charge is 2.52. The maximum Gasteiger partial charge on any atom is 0.201 e. The molecule has 2 bridgehead atoms. The first-order chi connectivity index (χ1) is 8.82. The zero-order valence-electron chi connectivity index (χ0n) is 11.9. The molecule has 6 heteroatoms. The Hall–Kier alpha value is -1.14. The average molecular weight is 268 g/mol. The molecule has 106 valence electrons. The van der Waals surface area contributed by atoms with Crippen LogP contribution in [0.3, 0.4) is 0 Å². The zero-order valence-corrected chi connectivity index (χ0v) is 11.9. The second-order valence-electron chi connectivity index (χ2n) is 6.17. The second kappa shape index (κ2) is 3.93. The summed E-state index contributed by atoms with van der Waals surface area (Å²) in [5, 5.41) is 10.4. The van der Waals surface area contributed by atoms with E-state index in [0.29, 0.717) is 6.04 Å². The van der Waals surface area contributed by atoms with Crippen LogP contribution in [0.2, 0.25) is 0 Å². The van der Waals surface area contributed by atoms with Crippen LogP contribution in [0.4, 0.5) is 4.39 Å². The van der Waals surface area contributed by atoms with Crippen molar-refractivity contribution in [2.75, 3.05) is 34.2 Å². The number of guanidine groups is 1. The van der Waals surface area contributed by atoms with E-state index < -0.39 is 5.60 Å². The van der Waals surface area contributed by atoms with Crippen molar-refractivity contribution in [3.63, 3.8) is 0 Å². The molecule has 0 saturated carbocycles. The van der Waals surface area contributed by atoms with Crippen molar-refractivity contribution in [1.29, 1.82) is 0 Å². The summed E-state index contributed by atoms with van der Waals surface area (Å²) in [6, 6.07) is 0.281. The molecule has 0 spiro atoms. The van der Waals surface area contributed by atoms with Crippen molar-refractivity contribution >= 4 is 5.96 Å².